The minimum absolute atomic E-state index is 0.0108. The summed E-state index contributed by atoms with van der Waals surface area (Å²) in [6.45, 7) is 7.18. The van der Waals surface area contributed by atoms with Gasteiger partial charge in [0.1, 0.15) is 11.4 Å². The second-order valence-corrected chi connectivity index (χ2v) is 11.7. The minimum Gasteiger partial charge on any atom is -0.504 e. The van der Waals surface area contributed by atoms with Crippen molar-refractivity contribution in [1.29, 1.82) is 0 Å². The molecule has 7 nitrogen and oxygen atoms in total. The molecule has 6 rings (SSSR count). The van der Waals surface area contributed by atoms with Crippen molar-refractivity contribution < 1.29 is 37.7 Å². The maximum absolute atomic E-state index is 13.5. The van der Waals surface area contributed by atoms with Gasteiger partial charge < -0.3 is 24.6 Å². The Morgan fingerprint density at radius 1 is 1.29 bits per heavy atom. The lowest BCUT2D eigenvalue weighted by Gasteiger charge is -2.67. The molecule has 4 aliphatic rings. The molecule has 1 saturated heterocycles. The van der Waals surface area contributed by atoms with Crippen molar-refractivity contribution >= 4 is 12.0 Å². The number of likely N-dealkylation sites (tertiary alicyclic amines) is 1. The number of carbonyl (C=O) groups excluding carboxylic acids is 1. The maximum Gasteiger partial charge on any atom is 0.573 e. The summed E-state index contributed by atoms with van der Waals surface area (Å²) < 4.78 is 48.6. The predicted octanol–water partition coefficient (Wildman–Crippen LogP) is 4.56. The third-order valence-corrected chi connectivity index (χ3v) is 9.85. The van der Waals surface area contributed by atoms with Crippen LogP contribution in [-0.4, -0.2) is 75.7 Å². The second kappa shape index (κ2) is 9.25. The van der Waals surface area contributed by atoms with Crippen molar-refractivity contribution in [3.8, 4) is 17.2 Å². The van der Waals surface area contributed by atoms with Crippen LogP contribution in [0.15, 0.2) is 55.1 Å². The van der Waals surface area contributed by atoms with Gasteiger partial charge in [0, 0.05) is 37.8 Å². The van der Waals surface area contributed by atoms with E-state index in [9.17, 15) is 28.2 Å². The number of likely N-dealkylation sites (N-methyl/N-ethyl adjacent to an activating group) is 1. The van der Waals surface area contributed by atoms with Gasteiger partial charge in [-0.15, -0.1) is 19.8 Å². The highest BCUT2D eigenvalue weighted by molar-refractivity contribution is 5.92. The first-order chi connectivity index (χ1) is 19.3. The molecule has 2 aliphatic carbocycles. The number of phenols is 1. The second-order valence-electron chi connectivity index (χ2n) is 11.7. The van der Waals surface area contributed by atoms with Gasteiger partial charge in [-0.2, -0.15) is 0 Å². The Morgan fingerprint density at radius 3 is 2.80 bits per heavy atom. The fourth-order valence-corrected chi connectivity index (χ4v) is 8.26. The Hall–Kier alpha value is -3.50. The summed E-state index contributed by atoms with van der Waals surface area (Å²) in [6, 6.07) is 8.31. The minimum atomic E-state index is -4.82. The molecule has 2 aliphatic heterocycles. The monoisotopic (exact) mass is 570 g/mol. The fourth-order valence-electron chi connectivity index (χ4n) is 8.26. The van der Waals surface area contributed by atoms with Crippen molar-refractivity contribution in [2.24, 2.45) is 0 Å². The highest BCUT2D eigenvalue weighted by Gasteiger charge is 2.78. The fraction of sp³-hybridized carbons (Fsp3) is 0.452. The Bertz CT molecular complexity index is 1440. The van der Waals surface area contributed by atoms with Crippen LogP contribution in [0.2, 0.25) is 0 Å². The number of alkyl halides is 3. The van der Waals surface area contributed by atoms with Crippen LogP contribution < -0.4 is 9.47 Å². The zero-order valence-electron chi connectivity index (χ0n) is 22.9. The molecule has 0 aromatic heterocycles. The molecule has 2 fully saturated rings. The standard InChI is InChI=1S/C31H33F3N2O5/c1-4-15-36-16-14-29-26-20-9-10-22(37)27(26)41-28(29,2)23(12-13-30(29,39)24(36)18-20)35(3)25(38)11-8-19-6-5-7-21(17-19)40-31(32,33)34/h4-11,17,23-24,37,39H,1,12-16,18H2,2-3H3/b11-8+/t23?,24-,28?,29+,30-/m1/s1. The summed E-state index contributed by atoms with van der Waals surface area (Å²) in [5, 5.41) is 23.5. The lowest BCUT2D eigenvalue weighted by molar-refractivity contribution is -0.274. The number of aliphatic hydroxyl groups is 1. The zero-order chi connectivity index (χ0) is 29.4. The van der Waals surface area contributed by atoms with Crippen molar-refractivity contribution in [1.82, 2.24) is 9.80 Å². The summed E-state index contributed by atoms with van der Waals surface area (Å²) in [4.78, 5) is 17.3. The zero-order valence-corrected chi connectivity index (χ0v) is 22.9. The number of nitrogens with zero attached hydrogens (tertiary/aromatic N) is 2. The molecule has 1 spiro atoms. The highest BCUT2D eigenvalue weighted by Crippen LogP contribution is 2.69. The number of amides is 1. The van der Waals surface area contributed by atoms with E-state index in [1.807, 2.05) is 19.1 Å². The van der Waals surface area contributed by atoms with E-state index < -0.39 is 29.0 Å². The van der Waals surface area contributed by atoms with Crippen LogP contribution in [0.25, 0.3) is 6.08 Å². The van der Waals surface area contributed by atoms with E-state index >= 15 is 0 Å². The van der Waals surface area contributed by atoms with Gasteiger partial charge in [0.2, 0.25) is 5.91 Å². The van der Waals surface area contributed by atoms with E-state index in [0.29, 0.717) is 50.1 Å². The van der Waals surface area contributed by atoms with Gasteiger partial charge in [-0.1, -0.05) is 24.3 Å². The van der Waals surface area contributed by atoms with Crippen molar-refractivity contribution in [3.05, 3.63) is 71.8 Å². The van der Waals surface area contributed by atoms with E-state index in [2.05, 4.69) is 16.2 Å². The van der Waals surface area contributed by atoms with E-state index in [0.717, 1.165) is 11.1 Å². The first-order valence-electron chi connectivity index (χ1n) is 13.8. The molecular formula is C31H33F3N2O5. The van der Waals surface area contributed by atoms with Crippen molar-refractivity contribution in [3.63, 3.8) is 0 Å². The topological polar surface area (TPSA) is 82.5 Å². The van der Waals surface area contributed by atoms with Crippen LogP contribution in [0.1, 0.15) is 42.9 Å². The van der Waals surface area contributed by atoms with Gasteiger partial charge >= 0.3 is 6.36 Å². The van der Waals surface area contributed by atoms with E-state index in [4.69, 9.17) is 4.74 Å². The Balaban J connectivity index is 1.35. The number of rotatable bonds is 6. The maximum atomic E-state index is 13.5. The Labute approximate surface area is 236 Å². The van der Waals surface area contributed by atoms with Gasteiger partial charge in [-0.25, -0.2) is 0 Å². The Kier molecular flexibility index (Phi) is 6.24. The molecule has 2 N–H and O–H groups in total. The quantitative estimate of drug-likeness (QED) is 0.392. The SMILES string of the molecule is C=CCN1CC[C@]23c4c5ccc(O)c4OC2(C)C(N(C)C(=O)/C=C/c2cccc(OC(F)(F)F)c2)CC[C@@]3(O)[C@H]1C5. The summed E-state index contributed by atoms with van der Waals surface area (Å²) in [5.74, 6) is -0.345. The van der Waals surface area contributed by atoms with Gasteiger partial charge in [-0.3, -0.25) is 9.69 Å². The van der Waals surface area contributed by atoms with Gasteiger partial charge in [0.05, 0.1) is 17.1 Å². The van der Waals surface area contributed by atoms with Crippen LogP contribution in [0, 0.1) is 0 Å². The molecule has 2 aromatic rings. The van der Waals surface area contributed by atoms with Crippen LogP contribution in [0.4, 0.5) is 13.2 Å². The first-order valence-corrected chi connectivity index (χ1v) is 13.8. The summed E-state index contributed by atoms with van der Waals surface area (Å²) in [5.41, 5.74) is -0.799. The summed E-state index contributed by atoms with van der Waals surface area (Å²) in [6.07, 6.45) is 1.88. The van der Waals surface area contributed by atoms with Gasteiger partial charge in [0.15, 0.2) is 11.5 Å². The summed E-state index contributed by atoms with van der Waals surface area (Å²) >= 11 is 0. The number of phenolic OH excluding ortho intramolecular Hbond substituents is 1. The molecule has 10 heteroatoms. The first kappa shape index (κ1) is 27.7. The molecule has 0 radical (unpaired) electrons. The number of aromatic hydroxyl groups is 1. The molecule has 2 bridgehead atoms. The predicted molar refractivity (Wildman–Crippen MR) is 146 cm³/mol. The molecule has 1 amide bonds. The highest BCUT2D eigenvalue weighted by atomic mass is 19.4. The van der Waals surface area contributed by atoms with E-state index in [-0.39, 0.29) is 23.4 Å². The third-order valence-electron chi connectivity index (χ3n) is 9.85. The average Bonchev–Trinajstić information content (AvgIpc) is 3.18. The number of benzene rings is 2. The molecular weight excluding hydrogens is 537 g/mol. The summed E-state index contributed by atoms with van der Waals surface area (Å²) in [7, 11) is 1.67. The number of hydrogen-bond acceptors (Lipinski definition) is 6. The number of piperidine rings is 1. The number of ether oxygens (including phenoxy) is 2. The van der Waals surface area contributed by atoms with Crippen LogP contribution >= 0.6 is 0 Å². The van der Waals surface area contributed by atoms with Crippen LogP contribution in [0.3, 0.4) is 0 Å². The lowest BCUT2D eigenvalue weighted by atomic mass is 9.44. The smallest absolute Gasteiger partial charge is 0.504 e. The van der Waals surface area contributed by atoms with Crippen LogP contribution in [0.5, 0.6) is 17.2 Å². The average molecular weight is 571 g/mol. The lowest BCUT2D eigenvalue weighted by Crippen LogP contribution is -2.82. The van der Waals surface area contributed by atoms with Gasteiger partial charge in [-0.05, 0) is 68.0 Å². The molecule has 218 valence electrons. The number of carbonyl (C=O) groups is 1. The van der Waals surface area contributed by atoms with E-state index in [1.165, 1.54) is 30.4 Å². The Morgan fingerprint density at radius 2 is 2.07 bits per heavy atom. The molecule has 5 atom stereocenters. The molecule has 41 heavy (non-hydrogen) atoms. The number of halogens is 3. The van der Waals surface area contributed by atoms with Crippen molar-refractivity contribution in [2.75, 3.05) is 20.1 Å². The number of hydrogen-bond donors (Lipinski definition) is 2. The molecule has 2 aromatic carbocycles. The van der Waals surface area contributed by atoms with E-state index in [1.54, 1.807) is 24.1 Å². The molecule has 2 heterocycles. The van der Waals surface area contributed by atoms with Crippen LogP contribution in [-0.2, 0) is 16.6 Å². The molecule has 1 saturated carbocycles. The largest absolute Gasteiger partial charge is 0.573 e. The van der Waals surface area contributed by atoms with Crippen molar-refractivity contribution in [2.45, 2.75) is 67.7 Å². The van der Waals surface area contributed by atoms with Gasteiger partial charge in [0.25, 0.3) is 0 Å². The third kappa shape index (κ3) is 3.90. The normalized spacial score (nSPS) is 31.9. The molecule has 2 unspecified atom stereocenters.